The van der Waals surface area contributed by atoms with Gasteiger partial charge in [-0.1, -0.05) is 41.4 Å². The number of benzene rings is 2. The molecule has 1 spiro atoms. The number of nitrogens with one attached hydrogen (secondary N) is 2. The van der Waals surface area contributed by atoms with Crippen molar-refractivity contribution in [2.45, 2.75) is 25.2 Å². The SMILES string of the molecule is CCON1C=COC1c1cccc2c1C1(NC(=O)NC1=O)C(=O)N2Cc1ccc(Cl)c(Cl)c1. The van der Waals surface area contributed by atoms with Crippen LogP contribution in [0.3, 0.4) is 0 Å². The van der Waals surface area contributed by atoms with Crippen LogP contribution in [0.15, 0.2) is 48.9 Å². The summed E-state index contributed by atoms with van der Waals surface area (Å²) in [6.45, 7) is 2.31. The molecule has 3 aliphatic rings. The zero-order chi connectivity index (χ0) is 23.3. The summed E-state index contributed by atoms with van der Waals surface area (Å²) in [7, 11) is 0. The largest absolute Gasteiger partial charge is 0.470 e. The Bertz CT molecular complexity index is 1220. The average molecular weight is 489 g/mol. The van der Waals surface area contributed by atoms with E-state index in [0.717, 1.165) is 0 Å². The standard InChI is InChI=1S/C22H18Cl2N4O5/c1-2-33-28-8-9-32-18(28)13-4-3-5-16-17(13)22(19(29)25-21(31)26-22)20(30)27(16)11-12-6-7-14(23)15(24)10-12/h3-10,18H,2,11H2,1H3,(H2,25,26,29,31). The van der Waals surface area contributed by atoms with Crippen LogP contribution in [0.5, 0.6) is 0 Å². The molecule has 1 saturated heterocycles. The first-order chi connectivity index (χ1) is 15.9. The predicted octanol–water partition coefficient (Wildman–Crippen LogP) is 3.33. The highest BCUT2D eigenvalue weighted by atomic mass is 35.5. The number of hydroxylamine groups is 2. The van der Waals surface area contributed by atoms with Gasteiger partial charge in [-0.2, -0.15) is 0 Å². The van der Waals surface area contributed by atoms with Gasteiger partial charge in [0.1, 0.15) is 6.26 Å². The number of nitrogens with zero attached hydrogens (tertiary/aromatic N) is 2. The van der Waals surface area contributed by atoms with Crippen molar-refractivity contribution in [1.82, 2.24) is 15.7 Å². The van der Waals surface area contributed by atoms with E-state index in [1.807, 2.05) is 6.92 Å². The number of hydrogen-bond acceptors (Lipinski definition) is 6. The van der Waals surface area contributed by atoms with Crippen LogP contribution in [-0.2, 0) is 31.2 Å². The Hall–Kier alpha value is -3.27. The van der Waals surface area contributed by atoms with Gasteiger partial charge in [0.25, 0.3) is 11.8 Å². The molecule has 4 amide bonds. The molecule has 1 fully saturated rings. The third-order valence-corrected chi connectivity index (χ3v) is 6.43. The highest BCUT2D eigenvalue weighted by Gasteiger charge is 2.62. The van der Waals surface area contributed by atoms with E-state index in [0.29, 0.717) is 39.0 Å². The zero-order valence-corrected chi connectivity index (χ0v) is 18.8. The van der Waals surface area contributed by atoms with E-state index in [9.17, 15) is 14.4 Å². The Morgan fingerprint density at radius 3 is 2.67 bits per heavy atom. The maximum absolute atomic E-state index is 13.8. The summed E-state index contributed by atoms with van der Waals surface area (Å²) >= 11 is 12.2. The molecule has 2 atom stereocenters. The molecule has 3 heterocycles. The Labute approximate surface area is 198 Å². The first-order valence-electron chi connectivity index (χ1n) is 10.1. The molecular formula is C22H18Cl2N4O5. The van der Waals surface area contributed by atoms with Crippen LogP contribution in [0.2, 0.25) is 10.0 Å². The van der Waals surface area contributed by atoms with Gasteiger partial charge >= 0.3 is 6.03 Å². The van der Waals surface area contributed by atoms with Crippen molar-refractivity contribution >= 4 is 46.7 Å². The molecule has 0 bridgehead atoms. The van der Waals surface area contributed by atoms with Crippen LogP contribution in [0.1, 0.15) is 29.8 Å². The van der Waals surface area contributed by atoms with Crippen molar-refractivity contribution in [2.75, 3.05) is 11.5 Å². The number of ether oxygens (including phenoxy) is 1. The van der Waals surface area contributed by atoms with E-state index in [1.165, 1.54) is 16.2 Å². The number of urea groups is 1. The molecule has 5 rings (SSSR count). The summed E-state index contributed by atoms with van der Waals surface area (Å²) in [4.78, 5) is 46.1. The lowest BCUT2D eigenvalue weighted by atomic mass is 9.87. The Morgan fingerprint density at radius 1 is 1.15 bits per heavy atom. The maximum Gasteiger partial charge on any atom is 0.323 e. The number of halogens is 2. The number of rotatable bonds is 5. The van der Waals surface area contributed by atoms with Crippen molar-refractivity contribution in [1.29, 1.82) is 0 Å². The molecule has 0 aromatic heterocycles. The molecule has 0 saturated carbocycles. The number of amides is 4. The van der Waals surface area contributed by atoms with E-state index < -0.39 is 29.6 Å². The number of carbonyl (C=O) groups is 3. The minimum absolute atomic E-state index is 0.107. The van der Waals surface area contributed by atoms with Gasteiger partial charge in [0.05, 0.1) is 35.1 Å². The molecule has 0 radical (unpaired) electrons. The second-order valence-electron chi connectivity index (χ2n) is 7.59. The minimum Gasteiger partial charge on any atom is -0.470 e. The molecule has 3 aliphatic heterocycles. The van der Waals surface area contributed by atoms with Crippen molar-refractivity contribution in [3.63, 3.8) is 0 Å². The van der Waals surface area contributed by atoms with Crippen LogP contribution in [0, 0.1) is 0 Å². The Balaban J connectivity index is 1.65. The van der Waals surface area contributed by atoms with E-state index in [2.05, 4.69) is 10.6 Å². The van der Waals surface area contributed by atoms with Gasteiger partial charge < -0.3 is 15.0 Å². The van der Waals surface area contributed by atoms with Gasteiger partial charge in [0.15, 0.2) is 0 Å². The average Bonchev–Trinajstić information content (AvgIpc) is 3.43. The van der Waals surface area contributed by atoms with E-state index >= 15 is 0 Å². The van der Waals surface area contributed by atoms with Gasteiger partial charge in [-0.25, -0.2) is 9.86 Å². The lowest BCUT2D eigenvalue weighted by molar-refractivity contribution is -0.188. The molecule has 0 aliphatic carbocycles. The fourth-order valence-corrected chi connectivity index (χ4v) is 4.67. The van der Waals surface area contributed by atoms with Crippen LogP contribution >= 0.6 is 23.2 Å². The van der Waals surface area contributed by atoms with Gasteiger partial charge in [-0.15, -0.1) is 0 Å². The number of anilines is 1. The fraction of sp³-hybridized carbons (Fsp3) is 0.227. The lowest BCUT2D eigenvalue weighted by Crippen LogP contribution is -2.52. The normalized spacial score (nSPS) is 23.2. The van der Waals surface area contributed by atoms with Crippen LogP contribution in [0.25, 0.3) is 0 Å². The molecule has 2 N–H and O–H groups in total. The highest BCUT2D eigenvalue weighted by Crippen LogP contribution is 2.48. The number of fused-ring (bicyclic) bond motifs is 2. The van der Waals surface area contributed by atoms with Crippen molar-refractivity contribution < 1.29 is 24.0 Å². The zero-order valence-electron chi connectivity index (χ0n) is 17.3. The van der Waals surface area contributed by atoms with E-state index in [4.69, 9.17) is 32.8 Å². The second kappa shape index (κ2) is 7.95. The van der Waals surface area contributed by atoms with Crippen molar-refractivity contribution in [2.24, 2.45) is 0 Å². The summed E-state index contributed by atoms with van der Waals surface area (Å²) in [6.07, 6.45) is 2.32. The Morgan fingerprint density at radius 2 is 1.97 bits per heavy atom. The third kappa shape index (κ3) is 3.23. The summed E-state index contributed by atoms with van der Waals surface area (Å²) in [5.74, 6) is -1.34. The van der Waals surface area contributed by atoms with Gasteiger partial charge in [-0.3, -0.25) is 19.7 Å². The topological polar surface area (TPSA) is 100 Å². The molecule has 170 valence electrons. The van der Waals surface area contributed by atoms with Gasteiger partial charge in [0.2, 0.25) is 11.8 Å². The Kier molecular flexibility index (Phi) is 5.19. The van der Waals surface area contributed by atoms with Gasteiger partial charge in [-0.05, 0) is 30.7 Å². The van der Waals surface area contributed by atoms with Crippen molar-refractivity contribution in [3.05, 3.63) is 75.6 Å². The van der Waals surface area contributed by atoms with Crippen LogP contribution < -0.4 is 15.5 Å². The molecule has 2 unspecified atom stereocenters. The smallest absolute Gasteiger partial charge is 0.323 e. The second-order valence-corrected chi connectivity index (χ2v) is 8.41. The number of imide groups is 1. The quantitative estimate of drug-likeness (QED) is 0.494. The number of hydrogen-bond donors (Lipinski definition) is 2. The predicted molar refractivity (Wildman–Crippen MR) is 119 cm³/mol. The summed E-state index contributed by atoms with van der Waals surface area (Å²) in [5.41, 5.74) is 0.0758. The van der Waals surface area contributed by atoms with E-state index in [1.54, 1.807) is 42.6 Å². The highest BCUT2D eigenvalue weighted by molar-refractivity contribution is 6.42. The molecule has 9 nitrogen and oxygen atoms in total. The van der Waals surface area contributed by atoms with Crippen LogP contribution in [-0.4, -0.2) is 29.5 Å². The minimum atomic E-state index is -1.93. The molecule has 2 aromatic rings. The van der Waals surface area contributed by atoms with E-state index in [-0.39, 0.29) is 6.54 Å². The third-order valence-electron chi connectivity index (χ3n) is 5.69. The molecule has 11 heteroatoms. The van der Waals surface area contributed by atoms with Crippen molar-refractivity contribution in [3.8, 4) is 0 Å². The maximum atomic E-state index is 13.8. The molecule has 33 heavy (non-hydrogen) atoms. The first-order valence-corrected chi connectivity index (χ1v) is 10.9. The summed E-state index contributed by atoms with van der Waals surface area (Å²) in [6, 6.07) is 9.48. The molecule has 2 aromatic carbocycles. The van der Waals surface area contributed by atoms with Gasteiger partial charge in [0, 0.05) is 11.1 Å². The first kappa shape index (κ1) is 21.6. The van der Waals surface area contributed by atoms with Crippen LogP contribution in [0.4, 0.5) is 10.5 Å². The summed E-state index contributed by atoms with van der Waals surface area (Å²) in [5, 5.41) is 6.98. The lowest BCUT2D eigenvalue weighted by Gasteiger charge is -2.27. The molecular weight excluding hydrogens is 471 g/mol. The summed E-state index contributed by atoms with van der Waals surface area (Å²) < 4.78 is 5.73. The monoisotopic (exact) mass is 488 g/mol. The fourth-order valence-electron chi connectivity index (χ4n) is 4.35. The number of carbonyl (C=O) groups excluding carboxylic acids is 3.